The van der Waals surface area contributed by atoms with Crippen LogP contribution in [0, 0.1) is 5.92 Å². The Balaban J connectivity index is 2.22. The fourth-order valence-electron chi connectivity index (χ4n) is 2.12. The first-order chi connectivity index (χ1) is 9.68. The fraction of sp³-hybridized carbons (Fsp3) is 0.462. The summed E-state index contributed by atoms with van der Waals surface area (Å²) in [6, 6.07) is 2.48. The fourth-order valence-corrected chi connectivity index (χ4v) is 3.48. The number of nitrogens with one attached hydrogen (secondary N) is 1. The van der Waals surface area contributed by atoms with Crippen molar-refractivity contribution in [1.29, 1.82) is 0 Å². The van der Waals surface area contributed by atoms with Gasteiger partial charge >= 0.3 is 0 Å². The van der Waals surface area contributed by atoms with Gasteiger partial charge in [-0.2, -0.15) is 0 Å². The van der Waals surface area contributed by atoms with E-state index in [-0.39, 0.29) is 26.5 Å². The predicted molar refractivity (Wildman–Crippen MR) is 82.1 cm³/mol. The molecule has 0 radical (unpaired) electrons. The van der Waals surface area contributed by atoms with Crippen LogP contribution in [-0.4, -0.2) is 20.4 Å². The summed E-state index contributed by atoms with van der Waals surface area (Å²) in [7, 11) is -4.05. The Labute approximate surface area is 133 Å². The number of amides is 1. The molecule has 1 fully saturated rings. The minimum Gasteiger partial charge on any atom is -0.350 e. The summed E-state index contributed by atoms with van der Waals surface area (Å²) in [6.45, 7) is 1.91. The van der Waals surface area contributed by atoms with Crippen LogP contribution in [0.15, 0.2) is 17.0 Å². The molecule has 0 aliphatic heterocycles. The van der Waals surface area contributed by atoms with Crippen LogP contribution < -0.4 is 10.5 Å². The van der Waals surface area contributed by atoms with Crippen LogP contribution in [0.1, 0.15) is 36.5 Å². The molecule has 0 aromatic heterocycles. The first-order valence-corrected chi connectivity index (χ1v) is 8.81. The van der Waals surface area contributed by atoms with Gasteiger partial charge in [0.05, 0.1) is 10.0 Å². The molecule has 0 heterocycles. The van der Waals surface area contributed by atoms with E-state index in [4.69, 9.17) is 28.3 Å². The molecule has 1 unspecified atom stereocenters. The molecule has 1 aromatic rings. The molecule has 116 valence electrons. The van der Waals surface area contributed by atoms with Gasteiger partial charge in [0.15, 0.2) is 0 Å². The number of halogens is 2. The molecule has 1 amide bonds. The zero-order chi connectivity index (χ0) is 15.8. The van der Waals surface area contributed by atoms with Crippen molar-refractivity contribution in [3.05, 3.63) is 27.7 Å². The van der Waals surface area contributed by atoms with E-state index >= 15 is 0 Å². The lowest BCUT2D eigenvalue weighted by molar-refractivity contribution is 0.0937. The van der Waals surface area contributed by atoms with Crippen LogP contribution in [-0.2, 0) is 10.0 Å². The summed E-state index contributed by atoms with van der Waals surface area (Å²) in [6.07, 6.45) is 3.31. The third-order valence-corrected chi connectivity index (χ3v) is 5.17. The Bertz CT molecular complexity index is 672. The molecule has 1 aromatic carbocycles. The molecule has 0 spiro atoms. The van der Waals surface area contributed by atoms with Crippen LogP contribution in [0.5, 0.6) is 0 Å². The minimum absolute atomic E-state index is 0.0115. The predicted octanol–water partition coefficient (Wildman–Crippen LogP) is 2.56. The number of nitrogens with two attached hydrogens (primary N) is 1. The van der Waals surface area contributed by atoms with Crippen LogP contribution in [0.4, 0.5) is 0 Å². The number of rotatable bonds is 5. The maximum atomic E-state index is 12.2. The van der Waals surface area contributed by atoms with Crippen molar-refractivity contribution in [1.82, 2.24) is 5.32 Å². The number of sulfonamides is 1. The summed E-state index contributed by atoms with van der Waals surface area (Å²) in [5.74, 6) is 0.278. The summed E-state index contributed by atoms with van der Waals surface area (Å²) in [5, 5.41) is 7.68. The molecule has 21 heavy (non-hydrogen) atoms. The third kappa shape index (κ3) is 4.32. The molecule has 2 rings (SSSR count). The Morgan fingerprint density at radius 1 is 1.43 bits per heavy atom. The summed E-state index contributed by atoms with van der Waals surface area (Å²) < 4.78 is 22.9. The van der Waals surface area contributed by atoms with E-state index in [2.05, 4.69) is 5.32 Å². The van der Waals surface area contributed by atoms with Gasteiger partial charge in [-0.3, -0.25) is 4.79 Å². The van der Waals surface area contributed by atoms with Gasteiger partial charge in [0.2, 0.25) is 10.0 Å². The molecule has 0 bridgehead atoms. The number of benzene rings is 1. The Hall–Kier alpha value is -0.820. The van der Waals surface area contributed by atoms with Crippen molar-refractivity contribution >= 4 is 39.1 Å². The first-order valence-electron chi connectivity index (χ1n) is 6.51. The number of carbonyl (C=O) groups is 1. The topological polar surface area (TPSA) is 89.3 Å². The smallest absolute Gasteiger partial charge is 0.251 e. The average Bonchev–Trinajstić information content (AvgIpc) is 3.14. The van der Waals surface area contributed by atoms with Gasteiger partial charge in [-0.25, -0.2) is 13.6 Å². The number of primary sulfonamides is 1. The van der Waals surface area contributed by atoms with E-state index < -0.39 is 15.9 Å². The Morgan fingerprint density at radius 3 is 2.57 bits per heavy atom. The molecular weight excluding hydrogens is 335 g/mol. The van der Waals surface area contributed by atoms with Gasteiger partial charge in [0, 0.05) is 11.6 Å². The second-order valence-corrected chi connectivity index (χ2v) is 7.68. The van der Waals surface area contributed by atoms with Crippen molar-refractivity contribution in [2.24, 2.45) is 11.1 Å². The third-order valence-electron chi connectivity index (χ3n) is 3.32. The van der Waals surface area contributed by atoms with Gasteiger partial charge in [-0.15, -0.1) is 0 Å². The van der Waals surface area contributed by atoms with Crippen LogP contribution in [0.2, 0.25) is 10.0 Å². The highest BCUT2D eigenvalue weighted by Gasteiger charge is 2.25. The lowest BCUT2D eigenvalue weighted by Gasteiger charge is -2.14. The van der Waals surface area contributed by atoms with Gasteiger partial charge in [-0.1, -0.05) is 36.0 Å². The van der Waals surface area contributed by atoms with Crippen LogP contribution in [0.3, 0.4) is 0 Å². The first kappa shape index (κ1) is 16.5. The van der Waals surface area contributed by atoms with E-state index in [1.807, 2.05) is 6.92 Å². The van der Waals surface area contributed by atoms with E-state index in [0.29, 0.717) is 5.92 Å². The highest BCUT2D eigenvalue weighted by atomic mass is 35.5. The average molecular weight is 351 g/mol. The molecule has 1 atom stereocenters. The molecule has 3 N–H and O–H groups in total. The van der Waals surface area contributed by atoms with E-state index in [1.54, 1.807) is 0 Å². The minimum atomic E-state index is -4.05. The normalized spacial score (nSPS) is 16.6. The number of hydrogen-bond donors (Lipinski definition) is 2. The van der Waals surface area contributed by atoms with Crippen molar-refractivity contribution in [3.63, 3.8) is 0 Å². The standard InChI is InChI=1S/C13H16Cl2N2O3S/c1-7(4-8-2-3-8)17-13(18)9-5-10(14)12(15)11(6-9)21(16,19)20/h5-8H,2-4H2,1H3,(H,17,18)(H2,16,19,20). The molecule has 1 aliphatic rings. The quantitative estimate of drug-likeness (QED) is 0.854. The van der Waals surface area contributed by atoms with Gasteiger partial charge in [0.1, 0.15) is 4.90 Å². The SMILES string of the molecule is CC(CC1CC1)NC(=O)c1cc(Cl)c(Cl)c(S(N)(=O)=O)c1. The van der Waals surface area contributed by atoms with E-state index in [0.717, 1.165) is 12.5 Å². The van der Waals surface area contributed by atoms with Crippen molar-refractivity contribution < 1.29 is 13.2 Å². The van der Waals surface area contributed by atoms with Crippen molar-refractivity contribution in [3.8, 4) is 0 Å². The van der Waals surface area contributed by atoms with E-state index in [1.165, 1.54) is 18.9 Å². The maximum absolute atomic E-state index is 12.2. The largest absolute Gasteiger partial charge is 0.350 e. The van der Waals surface area contributed by atoms with Crippen molar-refractivity contribution in [2.45, 2.75) is 37.1 Å². The summed E-state index contributed by atoms with van der Waals surface area (Å²) in [4.78, 5) is 11.8. The monoisotopic (exact) mass is 350 g/mol. The lowest BCUT2D eigenvalue weighted by Crippen LogP contribution is -2.33. The maximum Gasteiger partial charge on any atom is 0.251 e. The second kappa shape index (κ2) is 6.12. The summed E-state index contributed by atoms with van der Waals surface area (Å²) in [5.41, 5.74) is 0.121. The van der Waals surface area contributed by atoms with E-state index in [9.17, 15) is 13.2 Å². The molecule has 1 aliphatic carbocycles. The van der Waals surface area contributed by atoms with Gasteiger partial charge < -0.3 is 5.32 Å². The van der Waals surface area contributed by atoms with Gasteiger partial charge in [0.25, 0.3) is 5.91 Å². The Kier molecular flexibility index (Phi) is 4.82. The lowest BCUT2D eigenvalue weighted by atomic mass is 10.1. The number of carbonyl (C=O) groups excluding carboxylic acids is 1. The molecular formula is C13H16Cl2N2O3S. The molecule has 8 heteroatoms. The molecule has 1 saturated carbocycles. The zero-order valence-corrected chi connectivity index (χ0v) is 13.7. The van der Waals surface area contributed by atoms with Crippen LogP contribution >= 0.6 is 23.2 Å². The second-order valence-electron chi connectivity index (χ2n) is 5.37. The summed E-state index contributed by atoms with van der Waals surface area (Å²) >= 11 is 11.7. The van der Waals surface area contributed by atoms with Crippen LogP contribution in [0.25, 0.3) is 0 Å². The highest BCUT2D eigenvalue weighted by Crippen LogP contribution is 2.33. The molecule has 0 saturated heterocycles. The Morgan fingerprint density at radius 2 is 2.05 bits per heavy atom. The number of hydrogen-bond acceptors (Lipinski definition) is 3. The van der Waals surface area contributed by atoms with Crippen molar-refractivity contribution in [2.75, 3.05) is 0 Å². The zero-order valence-electron chi connectivity index (χ0n) is 11.4. The molecule has 5 nitrogen and oxygen atoms in total. The highest BCUT2D eigenvalue weighted by molar-refractivity contribution is 7.89. The van der Waals surface area contributed by atoms with Gasteiger partial charge in [-0.05, 0) is 31.4 Å².